The van der Waals surface area contributed by atoms with Crippen LogP contribution >= 0.6 is 0 Å². The van der Waals surface area contributed by atoms with Gasteiger partial charge in [-0.1, -0.05) is 25.5 Å². The highest BCUT2D eigenvalue weighted by Gasteiger charge is 2.06. The van der Waals surface area contributed by atoms with Crippen molar-refractivity contribution < 1.29 is 15.0 Å². The lowest BCUT2D eigenvalue weighted by molar-refractivity contribution is -0.137. The number of allylic oxidation sites excluding steroid dienone is 2. The molecular formula is C11H20O3. The van der Waals surface area contributed by atoms with E-state index in [1.807, 2.05) is 6.08 Å². The number of unbranched alkanes of at least 4 members (excludes halogenated alkanes) is 1. The third kappa shape index (κ3) is 7.80. The number of rotatable bonds is 8. The maximum atomic E-state index is 10.4. The molecule has 82 valence electrons. The van der Waals surface area contributed by atoms with Crippen molar-refractivity contribution in [1.29, 1.82) is 0 Å². The zero-order valence-electron chi connectivity index (χ0n) is 8.78. The molecule has 0 spiro atoms. The molecule has 0 aromatic heterocycles. The van der Waals surface area contributed by atoms with Crippen molar-refractivity contribution in [3.63, 3.8) is 0 Å². The van der Waals surface area contributed by atoms with E-state index in [0.717, 1.165) is 12.8 Å². The SMILES string of the molecule is CCCC=CC(CCO)CCC(=O)O. The minimum Gasteiger partial charge on any atom is -0.481 e. The first-order chi connectivity index (χ1) is 6.70. The molecule has 0 aromatic rings. The zero-order chi connectivity index (χ0) is 10.8. The van der Waals surface area contributed by atoms with E-state index in [0.29, 0.717) is 12.8 Å². The van der Waals surface area contributed by atoms with Crippen molar-refractivity contribution in [2.24, 2.45) is 5.92 Å². The molecule has 0 aromatic carbocycles. The van der Waals surface area contributed by atoms with Crippen LogP contribution in [-0.2, 0) is 4.79 Å². The monoisotopic (exact) mass is 200 g/mol. The summed E-state index contributed by atoms with van der Waals surface area (Å²) in [6, 6.07) is 0. The van der Waals surface area contributed by atoms with Crippen LogP contribution in [0.3, 0.4) is 0 Å². The molecule has 0 rings (SSSR count). The molecule has 0 bridgehead atoms. The van der Waals surface area contributed by atoms with Crippen LogP contribution in [-0.4, -0.2) is 22.8 Å². The van der Waals surface area contributed by atoms with Crippen LogP contribution in [0.25, 0.3) is 0 Å². The van der Waals surface area contributed by atoms with Gasteiger partial charge < -0.3 is 10.2 Å². The van der Waals surface area contributed by atoms with Crippen molar-refractivity contribution in [2.45, 2.75) is 39.0 Å². The average molecular weight is 200 g/mol. The van der Waals surface area contributed by atoms with E-state index in [1.54, 1.807) is 0 Å². The summed E-state index contributed by atoms with van der Waals surface area (Å²) in [5.74, 6) is -0.556. The molecule has 1 atom stereocenters. The highest BCUT2D eigenvalue weighted by molar-refractivity contribution is 5.66. The summed E-state index contributed by atoms with van der Waals surface area (Å²) in [7, 11) is 0. The van der Waals surface area contributed by atoms with E-state index in [2.05, 4.69) is 13.0 Å². The molecule has 0 amide bonds. The Bertz CT molecular complexity index is 175. The van der Waals surface area contributed by atoms with Crippen LogP contribution in [0, 0.1) is 5.92 Å². The Labute approximate surface area is 85.4 Å². The number of carbonyl (C=O) groups is 1. The molecule has 0 heterocycles. The molecule has 1 unspecified atom stereocenters. The number of carboxylic acids is 1. The Morgan fingerprint density at radius 1 is 1.43 bits per heavy atom. The molecule has 0 aliphatic heterocycles. The Hall–Kier alpha value is -0.830. The van der Waals surface area contributed by atoms with E-state index >= 15 is 0 Å². The van der Waals surface area contributed by atoms with Gasteiger partial charge >= 0.3 is 5.97 Å². The molecule has 0 radical (unpaired) electrons. The summed E-state index contributed by atoms with van der Waals surface area (Å²) in [6.45, 7) is 2.23. The van der Waals surface area contributed by atoms with Crippen molar-refractivity contribution in [3.05, 3.63) is 12.2 Å². The number of hydrogen-bond donors (Lipinski definition) is 2. The number of aliphatic hydroxyl groups excluding tert-OH is 1. The van der Waals surface area contributed by atoms with Gasteiger partial charge in [0.1, 0.15) is 0 Å². The van der Waals surface area contributed by atoms with Gasteiger partial charge in [-0.3, -0.25) is 4.79 Å². The molecular weight excluding hydrogens is 180 g/mol. The maximum Gasteiger partial charge on any atom is 0.303 e. The van der Waals surface area contributed by atoms with Crippen LogP contribution < -0.4 is 0 Å². The highest BCUT2D eigenvalue weighted by Crippen LogP contribution is 2.13. The molecule has 0 saturated carbocycles. The predicted octanol–water partition coefficient (Wildman–Crippen LogP) is 2.21. The van der Waals surface area contributed by atoms with E-state index in [1.165, 1.54) is 0 Å². The van der Waals surface area contributed by atoms with Gasteiger partial charge in [0, 0.05) is 13.0 Å². The van der Waals surface area contributed by atoms with Crippen LogP contribution in [0.1, 0.15) is 39.0 Å². The normalized spacial score (nSPS) is 13.3. The van der Waals surface area contributed by atoms with E-state index < -0.39 is 5.97 Å². The van der Waals surface area contributed by atoms with E-state index in [-0.39, 0.29) is 18.9 Å². The summed E-state index contributed by atoms with van der Waals surface area (Å²) in [6.07, 6.45) is 7.69. The lowest BCUT2D eigenvalue weighted by atomic mass is 9.99. The van der Waals surface area contributed by atoms with Crippen LogP contribution in [0.2, 0.25) is 0 Å². The second kappa shape index (κ2) is 8.75. The van der Waals surface area contributed by atoms with Gasteiger partial charge in [-0.25, -0.2) is 0 Å². The smallest absolute Gasteiger partial charge is 0.303 e. The zero-order valence-corrected chi connectivity index (χ0v) is 8.78. The van der Waals surface area contributed by atoms with Gasteiger partial charge in [-0.2, -0.15) is 0 Å². The minimum atomic E-state index is -0.767. The van der Waals surface area contributed by atoms with Gasteiger partial charge in [-0.05, 0) is 25.2 Å². The predicted molar refractivity (Wildman–Crippen MR) is 56.1 cm³/mol. The topological polar surface area (TPSA) is 57.5 Å². The third-order valence-corrected chi connectivity index (χ3v) is 2.09. The Balaban J connectivity index is 3.81. The van der Waals surface area contributed by atoms with Crippen LogP contribution in [0.5, 0.6) is 0 Å². The fraction of sp³-hybridized carbons (Fsp3) is 0.727. The standard InChI is InChI=1S/C11H20O3/c1-2-3-4-5-10(8-9-12)6-7-11(13)14/h4-5,10,12H,2-3,6-9H2,1H3,(H,13,14). The average Bonchev–Trinajstić information content (AvgIpc) is 2.14. The Morgan fingerprint density at radius 2 is 2.14 bits per heavy atom. The minimum absolute atomic E-state index is 0.126. The fourth-order valence-corrected chi connectivity index (χ4v) is 1.27. The second-order valence-electron chi connectivity index (χ2n) is 3.42. The maximum absolute atomic E-state index is 10.4. The Morgan fingerprint density at radius 3 is 2.64 bits per heavy atom. The summed E-state index contributed by atoms with van der Waals surface area (Å²) < 4.78 is 0. The van der Waals surface area contributed by atoms with Gasteiger partial charge in [0.15, 0.2) is 0 Å². The van der Waals surface area contributed by atoms with Gasteiger partial charge in [0.2, 0.25) is 0 Å². The molecule has 3 nitrogen and oxygen atoms in total. The first-order valence-corrected chi connectivity index (χ1v) is 5.20. The second-order valence-corrected chi connectivity index (χ2v) is 3.42. The van der Waals surface area contributed by atoms with Gasteiger partial charge in [-0.15, -0.1) is 0 Å². The van der Waals surface area contributed by atoms with Crippen molar-refractivity contribution >= 4 is 5.97 Å². The van der Waals surface area contributed by atoms with Crippen molar-refractivity contribution in [3.8, 4) is 0 Å². The number of hydrogen-bond acceptors (Lipinski definition) is 2. The van der Waals surface area contributed by atoms with Crippen molar-refractivity contribution in [2.75, 3.05) is 6.61 Å². The van der Waals surface area contributed by atoms with Gasteiger partial charge in [0.25, 0.3) is 0 Å². The van der Waals surface area contributed by atoms with E-state index in [4.69, 9.17) is 10.2 Å². The quantitative estimate of drug-likeness (QED) is 0.590. The van der Waals surface area contributed by atoms with Gasteiger partial charge in [0.05, 0.1) is 0 Å². The third-order valence-electron chi connectivity index (χ3n) is 2.09. The first-order valence-electron chi connectivity index (χ1n) is 5.20. The molecule has 0 aliphatic carbocycles. The lowest BCUT2D eigenvalue weighted by Crippen LogP contribution is -2.04. The molecule has 2 N–H and O–H groups in total. The molecule has 0 aliphatic rings. The summed E-state index contributed by atoms with van der Waals surface area (Å²) >= 11 is 0. The lowest BCUT2D eigenvalue weighted by Gasteiger charge is -2.08. The largest absolute Gasteiger partial charge is 0.481 e. The number of aliphatic hydroxyl groups is 1. The molecule has 0 saturated heterocycles. The number of carboxylic acid groups (broad SMARTS) is 1. The summed E-state index contributed by atoms with van der Waals surface area (Å²) in [4.78, 5) is 10.4. The molecule has 3 heteroatoms. The fourth-order valence-electron chi connectivity index (χ4n) is 1.27. The van der Waals surface area contributed by atoms with Crippen LogP contribution in [0.15, 0.2) is 12.2 Å². The molecule has 14 heavy (non-hydrogen) atoms. The first kappa shape index (κ1) is 13.2. The van der Waals surface area contributed by atoms with Crippen LogP contribution in [0.4, 0.5) is 0 Å². The summed E-state index contributed by atoms with van der Waals surface area (Å²) in [5.41, 5.74) is 0. The van der Waals surface area contributed by atoms with Crippen molar-refractivity contribution in [1.82, 2.24) is 0 Å². The molecule has 0 fully saturated rings. The number of aliphatic carboxylic acids is 1. The highest BCUT2D eigenvalue weighted by atomic mass is 16.4. The van der Waals surface area contributed by atoms with E-state index in [9.17, 15) is 4.79 Å². The summed E-state index contributed by atoms with van der Waals surface area (Å²) in [5, 5.41) is 17.3. The Kier molecular flexibility index (Phi) is 8.24.